The van der Waals surface area contributed by atoms with Crippen LogP contribution in [0.1, 0.15) is 45.4 Å². The molecule has 2 aliphatic rings. The quantitative estimate of drug-likeness (QED) is 0.742. The number of piperidine rings is 1. The lowest BCUT2D eigenvalue weighted by molar-refractivity contribution is 0.254. The largest absolute Gasteiger partial charge is 0.216 e. The van der Waals surface area contributed by atoms with E-state index in [0.717, 1.165) is 32.4 Å². The highest BCUT2D eigenvalue weighted by Gasteiger charge is 2.41. The molecule has 0 spiro atoms. The van der Waals surface area contributed by atoms with Crippen molar-refractivity contribution >= 4 is 10.0 Å². The summed E-state index contributed by atoms with van der Waals surface area (Å²) in [6.45, 7) is 3.72. The lowest BCUT2D eigenvalue weighted by Gasteiger charge is -2.31. The van der Waals surface area contributed by atoms with Crippen molar-refractivity contribution in [3.05, 3.63) is 0 Å². The zero-order chi connectivity index (χ0) is 10.9. The molecule has 0 bridgehead atoms. The fourth-order valence-corrected chi connectivity index (χ4v) is 4.43. The molecule has 0 amide bonds. The summed E-state index contributed by atoms with van der Waals surface area (Å²) in [7, 11) is -2.91. The summed E-state index contributed by atoms with van der Waals surface area (Å²) in [5.41, 5.74) is 0. The Kier molecular flexibility index (Phi) is 3.36. The van der Waals surface area contributed by atoms with Crippen molar-refractivity contribution in [3.8, 4) is 0 Å². The number of hydrogen-bond acceptors (Lipinski definition) is 2. The fourth-order valence-electron chi connectivity index (χ4n) is 2.48. The predicted octanol–water partition coefficient (Wildman–Crippen LogP) is 1.99. The van der Waals surface area contributed by atoms with Crippen LogP contribution in [0.5, 0.6) is 0 Å². The second kappa shape index (κ2) is 4.42. The van der Waals surface area contributed by atoms with Crippen LogP contribution in [0.25, 0.3) is 0 Å². The molecule has 0 N–H and O–H groups in total. The van der Waals surface area contributed by atoms with Crippen molar-refractivity contribution in [1.82, 2.24) is 4.31 Å². The van der Waals surface area contributed by atoms with E-state index in [1.807, 2.05) is 0 Å². The molecule has 88 valence electrons. The molecule has 1 atom stereocenters. The van der Waals surface area contributed by atoms with E-state index in [9.17, 15) is 8.42 Å². The maximum atomic E-state index is 12.0. The molecule has 4 heteroatoms. The minimum atomic E-state index is -2.91. The summed E-state index contributed by atoms with van der Waals surface area (Å²) in [4.78, 5) is 0. The van der Waals surface area contributed by atoms with E-state index in [0.29, 0.717) is 5.92 Å². The van der Waals surface area contributed by atoms with Crippen molar-refractivity contribution in [3.63, 3.8) is 0 Å². The SMILES string of the molecule is CCCC1CCCN(S(=O)(=O)C2CC2)C1. The van der Waals surface area contributed by atoms with Crippen LogP contribution in [0.2, 0.25) is 0 Å². The number of rotatable bonds is 4. The Morgan fingerprint density at radius 1 is 1.27 bits per heavy atom. The van der Waals surface area contributed by atoms with Crippen LogP contribution in [0, 0.1) is 5.92 Å². The maximum absolute atomic E-state index is 12.0. The van der Waals surface area contributed by atoms with E-state index >= 15 is 0 Å². The second-order valence-electron chi connectivity index (χ2n) is 4.90. The average Bonchev–Trinajstić information content (AvgIpc) is 3.02. The van der Waals surface area contributed by atoms with Gasteiger partial charge in [0.05, 0.1) is 5.25 Å². The molecule has 0 radical (unpaired) electrons. The fraction of sp³-hybridized carbons (Fsp3) is 1.00. The average molecular weight is 231 g/mol. The summed E-state index contributed by atoms with van der Waals surface area (Å²) in [5.74, 6) is 0.609. The highest BCUT2D eigenvalue weighted by atomic mass is 32.2. The van der Waals surface area contributed by atoms with Gasteiger partial charge in [0.15, 0.2) is 0 Å². The van der Waals surface area contributed by atoms with Crippen molar-refractivity contribution in [2.45, 2.75) is 50.7 Å². The Morgan fingerprint density at radius 3 is 2.60 bits per heavy atom. The molecular formula is C11H21NO2S. The topological polar surface area (TPSA) is 37.4 Å². The van der Waals surface area contributed by atoms with Crippen LogP contribution in [-0.2, 0) is 10.0 Å². The number of nitrogens with zero attached hydrogens (tertiary/aromatic N) is 1. The molecule has 3 nitrogen and oxygen atoms in total. The van der Waals surface area contributed by atoms with Crippen LogP contribution < -0.4 is 0 Å². The van der Waals surface area contributed by atoms with Gasteiger partial charge in [0.1, 0.15) is 0 Å². The molecule has 1 aliphatic carbocycles. The van der Waals surface area contributed by atoms with Crippen LogP contribution >= 0.6 is 0 Å². The lowest BCUT2D eigenvalue weighted by Crippen LogP contribution is -2.41. The molecule has 15 heavy (non-hydrogen) atoms. The molecule has 2 fully saturated rings. The standard InChI is InChI=1S/C11H21NO2S/c1-2-4-10-5-3-8-12(9-10)15(13,14)11-6-7-11/h10-11H,2-9H2,1H3. The van der Waals surface area contributed by atoms with Gasteiger partial charge in [-0.25, -0.2) is 12.7 Å². The van der Waals surface area contributed by atoms with Crippen LogP contribution in [0.4, 0.5) is 0 Å². The van der Waals surface area contributed by atoms with E-state index in [1.165, 1.54) is 19.3 Å². The molecule has 1 aliphatic heterocycles. The third-order valence-corrected chi connectivity index (χ3v) is 5.85. The Morgan fingerprint density at radius 2 is 2.00 bits per heavy atom. The summed E-state index contributed by atoms with van der Waals surface area (Å²) in [5, 5.41) is -0.0297. The molecule has 2 rings (SSSR count). The van der Waals surface area contributed by atoms with Crippen LogP contribution in [0.15, 0.2) is 0 Å². The van der Waals surface area contributed by atoms with Gasteiger partial charge in [-0.2, -0.15) is 0 Å². The number of hydrogen-bond donors (Lipinski definition) is 0. The summed E-state index contributed by atoms with van der Waals surface area (Å²) in [6, 6.07) is 0. The first kappa shape index (κ1) is 11.4. The highest BCUT2D eigenvalue weighted by molar-refractivity contribution is 7.90. The van der Waals surface area contributed by atoms with Gasteiger partial charge in [0, 0.05) is 13.1 Å². The Hall–Kier alpha value is -0.0900. The highest BCUT2D eigenvalue weighted by Crippen LogP contribution is 2.33. The Balaban J connectivity index is 1.97. The monoisotopic (exact) mass is 231 g/mol. The molecule has 0 aromatic rings. The predicted molar refractivity (Wildman–Crippen MR) is 61.1 cm³/mol. The first-order valence-electron chi connectivity index (χ1n) is 6.13. The van der Waals surface area contributed by atoms with E-state index in [1.54, 1.807) is 4.31 Å². The zero-order valence-corrected chi connectivity index (χ0v) is 10.3. The van der Waals surface area contributed by atoms with E-state index in [-0.39, 0.29) is 5.25 Å². The minimum Gasteiger partial charge on any atom is -0.212 e. The van der Waals surface area contributed by atoms with Crippen molar-refractivity contribution < 1.29 is 8.42 Å². The van der Waals surface area contributed by atoms with Gasteiger partial charge in [-0.3, -0.25) is 0 Å². The van der Waals surface area contributed by atoms with Crippen molar-refractivity contribution in [1.29, 1.82) is 0 Å². The lowest BCUT2D eigenvalue weighted by atomic mass is 9.95. The van der Waals surface area contributed by atoms with Crippen LogP contribution in [0.3, 0.4) is 0 Å². The van der Waals surface area contributed by atoms with E-state index in [2.05, 4.69) is 6.92 Å². The van der Waals surface area contributed by atoms with Crippen molar-refractivity contribution in [2.24, 2.45) is 5.92 Å². The normalized spacial score (nSPS) is 29.3. The molecule has 0 aromatic carbocycles. The molecular weight excluding hydrogens is 210 g/mol. The minimum absolute atomic E-state index is 0.0297. The molecule has 1 heterocycles. The van der Waals surface area contributed by atoms with E-state index < -0.39 is 10.0 Å². The summed E-state index contributed by atoms with van der Waals surface area (Å²) < 4.78 is 25.8. The number of sulfonamides is 1. The Labute approximate surface area is 92.9 Å². The van der Waals surface area contributed by atoms with Gasteiger partial charge in [0.25, 0.3) is 0 Å². The van der Waals surface area contributed by atoms with Gasteiger partial charge >= 0.3 is 0 Å². The zero-order valence-electron chi connectivity index (χ0n) is 9.48. The second-order valence-corrected chi connectivity index (χ2v) is 7.11. The molecule has 1 saturated heterocycles. The van der Waals surface area contributed by atoms with Crippen LogP contribution in [-0.4, -0.2) is 31.1 Å². The van der Waals surface area contributed by atoms with E-state index in [4.69, 9.17) is 0 Å². The molecule has 1 unspecified atom stereocenters. The Bertz CT molecular complexity index is 307. The van der Waals surface area contributed by atoms with Gasteiger partial charge in [-0.05, 0) is 38.0 Å². The smallest absolute Gasteiger partial charge is 0.212 e. The molecule has 0 aromatic heterocycles. The van der Waals surface area contributed by atoms with Gasteiger partial charge < -0.3 is 0 Å². The maximum Gasteiger partial charge on any atom is 0.216 e. The van der Waals surface area contributed by atoms with Crippen molar-refractivity contribution in [2.75, 3.05) is 13.1 Å². The van der Waals surface area contributed by atoms with Gasteiger partial charge in [0.2, 0.25) is 10.0 Å². The third-order valence-electron chi connectivity index (χ3n) is 3.48. The first-order chi connectivity index (χ1) is 7.14. The van der Waals surface area contributed by atoms with Gasteiger partial charge in [-0.1, -0.05) is 13.3 Å². The summed E-state index contributed by atoms with van der Waals surface area (Å²) in [6.07, 6.45) is 6.38. The first-order valence-corrected chi connectivity index (χ1v) is 7.64. The molecule has 1 saturated carbocycles. The van der Waals surface area contributed by atoms with Gasteiger partial charge in [-0.15, -0.1) is 0 Å². The third kappa shape index (κ3) is 2.53. The summed E-state index contributed by atoms with van der Waals surface area (Å²) >= 11 is 0.